The molecule has 0 aliphatic carbocycles. The molecule has 6 nitrogen and oxygen atoms in total. The highest BCUT2D eigenvalue weighted by Gasteiger charge is 2.33. The zero-order chi connectivity index (χ0) is 21.8. The fourth-order valence-corrected chi connectivity index (χ4v) is 4.65. The number of hydrogen-bond acceptors (Lipinski definition) is 4. The van der Waals surface area contributed by atoms with Gasteiger partial charge in [0.15, 0.2) is 0 Å². The average Bonchev–Trinajstić information content (AvgIpc) is 2.64. The van der Waals surface area contributed by atoms with Crippen molar-refractivity contribution >= 4 is 21.6 Å². The van der Waals surface area contributed by atoms with Crippen LogP contribution < -0.4 is 9.04 Å². The first-order valence-electron chi connectivity index (χ1n) is 9.52. The Morgan fingerprint density at radius 2 is 1.62 bits per heavy atom. The van der Waals surface area contributed by atoms with Crippen LogP contribution in [0.2, 0.25) is 0 Å². The second kappa shape index (κ2) is 9.31. The molecule has 0 radical (unpaired) electrons. The summed E-state index contributed by atoms with van der Waals surface area (Å²) in [5.41, 5.74) is 3.35. The van der Waals surface area contributed by atoms with Gasteiger partial charge in [0.05, 0.1) is 19.1 Å². The Morgan fingerprint density at radius 1 is 1.07 bits per heavy atom. The molecule has 2 rings (SSSR count). The lowest BCUT2D eigenvalue weighted by Crippen LogP contribution is -2.49. The maximum atomic E-state index is 13.2. The third kappa shape index (κ3) is 5.73. The van der Waals surface area contributed by atoms with E-state index in [0.717, 1.165) is 28.7 Å². The number of likely N-dealkylation sites (N-methyl/N-ethyl adjacent to an activating group) is 1. The molecule has 0 fully saturated rings. The van der Waals surface area contributed by atoms with E-state index in [1.165, 1.54) is 4.31 Å². The number of nitrogens with zero attached hydrogens (tertiary/aromatic N) is 2. The third-order valence-electron chi connectivity index (χ3n) is 4.73. The van der Waals surface area contributed by atoms with Crippen LogP contribution in [0.15, 0.2) is 42.5 Å². The summed E-state index contributed by atoms with van der Waals surface area (Å²) in [6, 6.07) is 12.2. The van der Waals surface area contributed by atoms with Crippen molar-refractivity contribution in [3.63, 3.8) is 0 Å². The summed E-state index contributed by atoms with van der Waals surface area (Å²) in [5, 5.41) is 0. The smallest absolute Gasteiger partial charge is 0.246 e. The Hall–Kier alpha value is -2.54. The Kier molecular flexibility index (Phi) is 7.30. The lowest BCUT2D eigenvalue weighted by molar-refractivity contribution is -0.131. The Morgan fingerprint density at radius 3 is 2.07 bits per heavy atom. The maximum Gasteiger partial charge on any atom is 0.246 e. The molecule has 0 aliphatic heterocycles. The minimum atomic E-state index is -3.65. The first-order valence-corrected chi connectivity index (χ1v) is 11.4. The van der Waals surface area contributed by atoms with Gasteiger partial charge < -0.3 is 9.64 Å². The molecular formula is C22H30N2O4S. The summed E-state index contributed by atoms with van der Waals surface area (Å²) in [6.07, 6.45) is 1.51. The monoisotopic (exact) mass is 418 g/mol. The Labute approximate surface area is 174 Å². The van der Waals surface area contributed by atoms with Crippen LogP contribution in [0.5, 0.6) is 5.75 Å². The van der Waals surface area contributed by atoms with Crippen LogP contribution in [-0.4, -0.2) is 45.7 Å². The summed E-state index contributed by atoms with van der Waals surface area (Å²) in [5.74, 6) is 0.500. The molecule has 0 unspecified atom stereocenters. The number of ether oxygens (including phenoxy) is 1. The highest BCUT2D eigenvalue weighted by Crippen LogP contribution is 2.26. The fraction of sp³-hybridized carbons (Fsp3) is 0.409. The van der Waals surface area contributed by atoms with E-state index >= 15 is 0 Å². The van der Waals surface area contributed by atoms with Crippen LogP contribution in [-0.2, 0) is 21.4 Å². The predicted octanol–water partition coefficient (Wildman–Crippen LogP) is 3.52. The van der Waals surface area contributed by atoms with Crippen LogP contribution in [0.1, 0.15) is 30.0 Å². The van der Waals surface area contributed by atoms with Crippen molar-refractivity contribution in [2.24, 2.45) is 0 Å². The number of hydrogen-bond donors (Lipinski definition) is 0. The first-order chi connectivity index (χ1) is 13.6. The van der Waals surface area contributed by atoms with E-state index in [1.807, 2.05) is 51.1 Å². The SMILES string of the molecule is CC[C@@H](C(=O)N(C)Cc1ccc(OC)cc1)N(c1cc(C)cc(C)c1)S(C)(=O)=O. The van der Waals surface area contributed by atoms with Gasteiger partial charge in [0, 0.05) is 13.6 Å². The molecule has 29 heavy (non-hydrogen) atoms. The highest BCUT2D eigenvalue weighted by atomic mass is 32.2. The van der Waals surface area contributed by atoms with Crippen LogP contribution in [0.25, 0.3) is 0 Å². The van der Waals surface area contributed by atoms with E-state index in [1.54, 1.807) is 31.2 Å². The molecule has 0 aromatic heterocycles. The lowest BCUT2D eigenvalue weighted by Gasteiger charge is -2.33. The lowest BCUT2D eigenvalue weighted by atomic mass is 10.1. The summed E-state index contributed by atoms with van der Waals surface area (Å²) in [7, 11) is -0.362. The molecular weight excluding hydrogens is 388 g/mol. The molecule has 1 amide bonds. The van der Waals surface area contributed by atoms with E-state index in [9.17, 15) is 13.2 Å². The van der Waals surface area contributed by atoms with Gasteiger partial charge >= 0.3 is 0 Å². The van der Waals surface area contributed by atoms with E-state index in [-0.39, 0.29) is 5.91 Å². The molecule has 7 heteroatoms. The number of methoxy groups -OCH3 is 1. The second-order valence-electron chi connectivity index (χ2n) is 7.37. The molecule has 0 saturated heterocycles. The molecule has 1 atom stereocenters. The number of carbonyl (C=O) groups is 1. The van der Waals surface area contributed by atoms with Crippen molar-refractivity contribution in [3.8, 4) is 5.75 Å². The van der Waals surface area contributed by atoms with Gasteiger partial charge in [0.1, 0.15) is 11.8 Å². The normalized spacial score (nSPS) is 12.3. The Balaban J connectivity index is 2.34. The number of anilines is 1. The summed E-state index contributed by atoms with van der Waals surface area (Å²) in [4.78, 5) is 14.8. The molecule has 2 aromatic carbocycles. The van der Waals surface area contributed by atoms with Crippen molar-refractivity contribution < 1.29 is 17.9 Å². The average molecular weight is 419 g/mol. The van der Waals surface area contributed by atoms with Crippen LogP contribution in [0.3, 0.4) is 0 Å². The molecule has 2 aromatic rings. The van der Waals surface area contributed by atoms with E-state index in [2.05, 4.69) is 0 Å². The van der Waals surface area contributed by atoms with Gasteiger partial charge in [-0.15, -0.1) is 0 Å². The minimum absolute atomic E-state index is 0.243. The minimum Gasteiger partial charge on any atom is -0.497 e. The number of benzene rings is 2. The van der Waals surface area contributed by atoms with Crippen LogP contribution in [0, 0.1) is 13.8 Å². The fourth-order valence-electron chi connectivity index (χ4n) is 3.46. The van der Waals surface area contributed by atoms with Gasteiger partial charge in [-0.3, -0.25) is 9.10 Å². The largest absolute Gasteiger partial charge is 0.497 e. The molecule has 158 valence electrons. The third-order valence-corrected chi connectivity index (χ3v) is 5.91. The van der Waals surface area contributed by atoms with E-state index in [4.69, 9.17) is 4.74 Å². The topological polar surface area (TPSA) is 66.9 Å². The summed E-state index contributed by atoms with van der Waals surface area (Å²) >= 11 is 0. The highest BCUT2D eigenvalue weighted by molar-refractivity contribution is 7.92. The number of amides is 1. The predicted molar refractivity (Wildman–Crippen MR) is 117 cm³/mol. The van der Waals surface area contributed by atoms with Gasteiger partial charge in [-0.25, -0.2) is 8.42 Å². The molecule has 0 aliphatic rings. The summed E-state index contributed by atoms with van der Waals surface area (Å²) < 4.78 is 31.7. The van der Waals surface area contributed by atoms with Crippen molar-refractivity contribution in [2.75, 3.05) is 24.7 Å². The second-order valence-corrected chi connectivity index (χ2v) is 9.23. The zero-order valence-electron chi connectivity index (χ0n) is 18.0. The maximum absolute atomic E-state index is 13.2. The molecule has 0 N–H and O–H groups in total. The number of aryl methyl sites for hydroxylation is 2. The Bertz CT molecular complexity index is 935. The number of carbonyl (C=O) groups excluding carboxylic acids is 1. The van der Waals surface area contributed by atoms with Gasteiger partial charge in [0.25, 0.3) is 0 Å². The molecule has 0 heterocycles. The van der Waals surface area contributed by atoms with Gasteiger partial charge in [-0.05, 0) is 61.2 Å². The molecule has 0 spiro atoms. The molecule has 0 saturated carbocycles. The van der Waals surface area contributed by atoms with Crippen LogP contribution >= 0.6 is 0 Å². The van der Waals surface area contributed by atoms with Gasteiger partial charge in [0.2, 0.25) is 15.9 Å². The van der Waals surface area contributed by atoms with Crippen LogP contribution in [0.4, 0.5) is 5.69 Å². The van der Waals surface area contributed by atoms with Crippen molar-refractivity contribution in [3.05, 3.63) is 59.2 Å². The number of rotatable bonds is 8. The standard InChI is InChI=1S/C22H30N2O4S/c1-7-21(22(25)23(4)15-18-8-10-20(28-5)11-9-18)24(29(6,26)27)19-13-16(2)12-17(3)14-19/h8-14,21H,7,15H2,1-6H3/t21-/m0/s1. The van der Waals surface area contributed by atoms with Crippen molar-refractivity contribution in [1.29, 1.82) is 0 Å². The van der Waals surface area contributed by atoms with E-state index < -0.39 is 16.1 Å². The summed E-state index contributed by atoms with van der Waals surface area (Å²) in [6.45, 7) is 6.03. The van der Waals surface area contributed by atoms with Crippen molar-refractivity contribution in [1.82, 2.24) is 4.90 Å². The quantitative estimate of drug-likeness (QED) is 0.658. The number of sulfonamides is 1. The first kappa shape index (κ1) is 22.7. The zero-order valence-corrected chi connectivity index (χ0v) is 18.8. The van der Waals surface area contributed by atoms with Crippen molar-refractivity contribution in [2.45, 2.75) is 39.8 Å². The van der Waals surface area contributed by atoms with Gasteiger partial charge in [-0.2, -0.15) is 0 Å². The van der Waals surface area contributed by atoms with E-state index in [0.29, 0.717) is 18.7 Å². The van der Waals surface area contributed by atoms with Gasteiger partial charge in [-0.1, -0.05) is 25.1 Å². The molecule has 0 bridgehead atoms.